The Morgan fingerprint density at radius 1 is 1.19 bits per heavy atom. The van der Waals surface area contributed by atoms with Gasteiger partial charge in [-0.25, -0.2) is 0 Å². The fraction of sp³-hybridized carbons (Fsp3) is 0.588. The Bertz CT molecular complexity index is 503. The standard InChI is InChI=1S/C17H25N3O/c1-18(2)13-14-4-3-5-16(12-14)19-8-10-20(11-9-19)17(21)15-6-7-15/h3-5,12,15H,6-11,13H2,1-2H3. The predicted octanol–water partition coefficient (Wildman–Crippen LogP) is 1.81. The Kier molecular flexibility index (Phi) is 4.15. The van der Waals surface area contributed by atoms with E-state index < -0.39 is 0 Å². The van der Waals surface area contributed by atoms with E-state index in [2.05, 4.69) is 53.1 Å². The molecule has 114 valence electrons. The highest BCUT2D eigenvalue weighted by Gasteiger charge is 2.34. The number of carbonyl (C=O) groups excluding carboxylic acids is 1. The van der Waals surface area contributed by atoms with E-state index in [9.17, 15) is 4.79 Å². The highest BCUT2D eigenvalue weighted by Crippen LogP contribution is 2.31. The van der Waals surface area contributed by atoms with E-state index in [0.717, 1.165) is 45.6 Å². The van der Waals surface area contributed by atoms with Gasteiger partial charge in [0, 0.05) is 44.3 Å². The minimum atomic E-state index is 0.347. The summed E-state index contributed by atoms with van der Waals surface area (Å²) in [5.41, 5.74) is 2.63. The number of benzene rings is 1. The van der Waals surface area contributed by atoms with Crippen molar-refractivity contribution in [3.63, 3.8) is 0 Å². The molecule has 1 aromatic rings. The molecule has 2 fully saturated rings. The lowest BCUT2D eigenvalue weighted by molar-refractivity contribution is -0.132. The summed E-state index contributed by atoms with van der Waals surface area (Å²) in [5, 5.41) is 0. The van der Waals surface area contributed by atoms with Crippen molar-refractivity contribution in [1.82, 2.24) is 9.80 Å². The van der Waals surface area contributed by atoms with Gasteiger partial charge in [-0.05, 0) is 44.6 Å². The van der Waals surface area contributed by atoms with Crippen LogP contribution >= 0.6 is 0 Å². The highest BCUT2D eigenvalue weighted by molar-refractivity contribution is 5.81. The Hall–Kier alpha value is -1.55. The summed E-state index contributed by atoms with van der Waals surface area (Å²) in [6.07, 6.45) is 2.21. The van der Waals surface area contributed by atoms with Crippen molar-refractivity contribution >= 4 is 11.6 Å². The third kappa shape index (κ3) is 3.56. The fourth-order valence-electron chi connectivity index (χ4n) is 2.99. The number of nitrogens with zero attached hydrogens (tertiary/aromatic N) is 3. The molecule has 0 spiro atoms. The molecule has 1 aliphatic carbocycles. The van der Waals surface area contributed by atoms with E-state index >= 15 is 0 Å². The second-order valence-corrected chi connectivity index (χ2v) is 6.49. The molecule has 1 saturated heterocycles. The van der Waals surface area contributed by atoms with Gasteiger partial charge in [0.15, 0.2) is 0 Å². The van der Waals surface area contributed by atoms with Gasteiger partial charge in [0.05, 0.1) is 0 Å². The molecule has 0 atom stereocenters. The van der Waals surface area contributed by atoms with Crippen molar-refractivity contribution in [2.75, 3.05) is 45.2 Å². The Morgan fingerprint density at radius 3 is 2.52 bits per heavy atom. The smallest absolute Gasteiger partial charge is 0.225 e. The maximum atomic E-state index is 12.1. The molecule has 0 N–H and O–H groups in total. The number of hydrogen-bond acceptors (Lipinski definition) is 3. The molecule has 1 aliphatic heterocycles. The lowest BCUT2D eigenvalue weighted by atomic mass is 10.1. The molecule has 4 nitrogen and oxygen atoms in total. The highest BCUT2D eigenvalue weighted by atomic mass is 16.2. The quantitative estimate of drug-likeness (QED) is 0.845. The average Bonchev–Trinajstić information content (AvgIpc) is 3.31. The first-order chi connectivity index (χ1) is 10.1. The van der Waals surface area contributed by atoms with Crippen LogP contribution in [0.3, 0.4) is 0 Å². The summed E-state index contributed by atoms with van der Waals surface area (Å²) in [7, 11) is 4.18. The Labute approximate surface area is 127 Å². The molecular formula is C17H25N3O. The topological polar surface area (TPSA) is 26.8 Å². The maximum absolute atomic E-state index is 12.1. The molecule has 3 rings (SSSR count). The van der Waals surface area contributed by atoms with Gasteiger partial charge in [0.2, 0.25) is 5.91 Å². The van der Waals surface area contributed by atoms with Crippen LogP contribution in [0.2, 0.25) is 0 Å². The summed E-state index contributed by atoms with van der Waals surface area (Å²) in [4.78, 5) is 18.7. The normalized spacial score (nSPS) is 19.2. The summed E-state index contributed by atoms with van der Waals surface area (Å²) in [6.45, 7) is 4.60. The number of piperazine rings is 1. The van der Waals surface area contributed by atoms with Crippen LogP contribution in [0.25, 0.3) is 0 Å². The SMILES string of the molecule is CN(C)Cc1cccc(N2CCN(C(=O)C3CC3)CC2)c1. The first kappa shape index (κ1) is 14.4. The summed E-state index contributed by atoms with van der Waals surface area (Å²) in [5.74, 6) is 0.732. The van der Waals surface area contributed by atoms with E-state index in [1.807, 2.05) is 0 Å². The largest absolute Gasteiger partial charge is 0.368 e. The molecule has 21 heavy (non-hydrogen) atoms. The molecule has 1 aromatic carbocycles. The van der Waals surface area contributed by atoms with Crippen LogP contribution < -0.4 is 4.90 Å². The molecule has 1 heterocycles. The molecule has 0 radical (unpaired) electrons. The van der Waals surface area contributed by atoms with Crippen LogP contribution in [0.5, 0.6) is 0 Å². The van der Waals surface area contributed by atoms with Gasteiger partial charge in [-0.1, -0.05) is 12.1 Å². The lowest BCUT2D eigenvalue weighted by Gasteiger charge is -2.36. The van der Waals surface area contributed by atoms with Crippen molar-refractivity contribution < 1.29 is 4.79 Å². The molecule has 0 bridgehead atoms. The first-order valence-corrected chi connectivity index (χ1v) is 7.91. The van der Waals surface area contributed by atoms with Crippen molar-refractivity contribution in [3.8, 4) is 0 Å². The second-order valence-electron chi connectivity index (χ2n) is 6.49. The Morgan fingerprint density at radius 2 is 1.90 bits per heavy atom. The van der Waals surface area contributed by atoms with Gasteiger partial charge in [-0.15, -0.1) is 0 Å². The predicted molar refractivity (Wildman–Crippen MR) is 85.4 cm³/mol. The molecule has 0 unspecified atom stereocenters. The van der Waals surface area contributed by atoms with E-state index in [0.29, 0.717) is 11.8 Å². The van der Waals surface area contributed by atoms with E-state index in [1.165, 1.54) is 11.3 Å². The number of rotatable bonds is 4. The zero-order valence-corrected chi connectivity index (χ0v) is 13.1. The van der Waals surface area contributed by atoms with Crippen LogP contribution in [0.1, 0.15) is 18.4 Å². The summed E-state index contributed by atoms with van der Waals surface area (Å²) in [6, 6.07) is 8.77. The third-order valence-electron chi connectivity index (χ3n) is 4.29. The third-order valence-corrected chi connectivity index (χ3v) is 4.29. The molecule has 1 amide bonds. The first-order valence-electron chi connectivity index (χ1n) is 7.91. The lowest BCUT2D eigenvalue weighted by Crippen LogP contribution is -2.49. The van der Waals surface area contributed by atoms with Crippen LogP contribution in [0.15, 0.2) is 24.3 Å². The van der Waals surface area contributed by atoms with Crippen molar-refractivity contribution in [2.45, 2.75) is 19.4 Å². The fourth-order valence-corrected chi connectivity index (χ4v) is 2.99. The molecule has 4 heteroatoms. The van der Waals surface area contributed by atoms with Crippen LogP contribution in [-0.2, 0) is 11.3 Å². The van der Waals surface area contributed by atoms with Crippen LogP contribution in [0, 0.1) is 5.92 Å². The van der Waals surface area contributed by atoms with Crippen molar-refractivity contribution in [3.05, 3.63) is 29.8 Å². The summed E-state index contributed by atoms with van der Waals surface area (Å²) < 4.78 is 0. The van der Waals surface area contributed by atoms with Gasteiger partial charge in [-0.3, -0.25) is 4.79 Å². The minimum absolute atomic E-state index is 0.347. The second kappa shape index (κ2) is 6.06. The van der Waals surface area contributed by atoms with Crippen LogP contribution in [-0.4, -0.2) is 56.0 Å². The molecular weight excluding hydrogens is 262 g/mol. The van der Waals surface area contributed by atoms with Crippen molar-refractivity contribution in [2.24, 2.45) is 5.92 Å². The number of amides is 1. The zero-order valence-electron chi connectivity index (χ0n) is 13.1. The van der Waals surface area contributed by atoms with E-state index in [-0.39, 0.29) is 0 Å². The van der Waals surface area contributed by atoms with Gasteiger partial charge in [0.1, 0.15) is 0 Å². The van der Waals surface area contributed by atoms with Gasteiger partial charge in [-0.2, -0.15) is 0 Å². The van der Waals surface area contributed by atoms with Gasteiger partial charge >= 0.3 is 0 Å². The number of carbonyl (C=O) groups is 1. The maximum Gasteiger partial charge on any atom is 0.225 e. The molecule has 1 saturated carbocycles. The molecule has 0 aromatic heterocycles. The monoisotopic (exact) mass is 287 g/mol. The average molecular weight is 287 g/mol. The van der Waals surface area contributed by atoms with Crippen molar-refractivity contribution in [1.29, 1.82) is 0 Å². The minimum Gasteiger partial charge on any atom is -0.368 e. The number of anilines is 1. The van der Waals surface area contributed by atoms with Crippen LogP contribution in [0.4, 0.5) is 5.69 Å². The van der Waals surface area contributed by atoms with Gasteiger partial charge < -0.3 is 14.7 Å². The molecule has 2 aliphatic rings. The van der Waals surface area contributed by atoms with E-state index in [4.69, 9.17) is 0 Å². The Balaban J connectivity index is 1.59. The number of hydrogen-bond donors (Lipinski definition) is 0. The van der Waals surface area contributed by atoms with E-state index in [1.54, 1.807) is 0 Å². The van der Waals surface area contributed by atoms with Gasteiger partial charge in [0.25, 0.3) is 0 Å². The zero-order chi connectivity index (χ0) is 14.8. The summed E-state index contributed by atoms with van der Waals surface area (Å²) >= 11 is 0.